The van der Waals surface area contributed by atoms with Crippen LogP contribution in [0.2, 0.25) is 10.0 Å². The van der Waals surface area contributed by atoms with Crippen LogP contribution in [0.1, 0.15) is 16.8 Å². The topological polar surface area (TPSA) is 83.0 Å². The Morgan fingerprint density at radius 3 is 2.62 bits per heavy atom. The maximum Gasteiger partial charge on any atom is 0.283 e. The third kappa shape index (κ3) is 4.87. The maximum atomic E-state index is 13.1. The number of nitrogens with one attached hydrogen (secondary N) is 1. The number of amides is 1. The van der Waals surface area contributed by atoms with Gasteiger partial charge in [0.25, 0.3) is 5.91 Å². The van der Waals surface area contributed by atoms with Gasteiger partial charge in [0.15, 0.2) is 5.84 Å². The van der Waals surface area contributed by atoms with Crippen LogP contribution in [0.4, 0.5) is 0 Å². The molecule has 39 heavy (non-hydrogen) atoms. The Labute approximate surface area is 238 Å². The molecule has 3 heterocycles. The van der Waals surface area contributed by atoms with E-state index in [9.17, 15) is 4.79 Å². The minimum atomic E-state index is -0.476. The summed E-state index contributed by atoms with van der Waals surface area (Å²) in [6.45, 7) is 2.73. The number of aromatic nitrogens is 1. The van der Waals surface area contributed by atoms with E-state index in [4.69, 9.17) is 33.3 Å². The van der Waals surface area contributed by atoms with E-state index >= 15 is 0 Å². The van der Waals surface area contributed by atoms with Crippen molar-refractivity contribution in [3.63, 3.8) is 0 Å². The standard InChI is InChI=1S/C29H21Cl2N5O2S/c1-17-22(21-9-5-6-10-25(21)35(17)15-18-11-12-19(30)13-24(18)31)14-23-27(32)36-29(33-28(23)37)39-26(34-36)16-38-20-7-3-2-4-8-20/h2-14,32H,15-16H2,1H3/b23-14-,32-27?. The minimum absolute atomic E-state index is 0.0239. The first-order valence-corrected chi connectivity index (χ1v) is 13.6. The van der Waals surface area contributed by atoms with Crippen molar-refractivity contribution in [1.29, 1.82) is 5.41 Å². The molecule has 0 aliphatic carbocycles. The summed E-state index contributed by atoms with van der Waals surface area (Å²) in [6, 6.07) is 22.8. The predicted octanol–water partition coefficient (Wildman–Crippen LogP) is 7.00. The van der Waals surface area contributed by atoms with Gasteiger partial charge in [0.1, 0.15) is 17.4 Å². The molecular formula is C29H21Cl2N5O2S. The molecule has 2 aliphatic heterocycles. The van der Waals surface area contributed by atoms with Gasteiger partial charge in [-0.1, -0.05) is 65.7 Å². The van der Waals surface area contributed by atoms with Gasteiger partial charge in [0, 0.05) is 38.8 Å². The monoisotopic (exact) mass is 573 g/mol. The van der Waals surface area contributed by atoms with Gasteiger partial charge >= 0.3 is 0 Å². The summed E-state index contributed by atoms with van der Waals surface area (Å²) in [6.07, 6.45) is 1.74. The lowest BCUT2D eigenvalue weighted by molar-refractivity contribution is -0.114. The Morgan fingerprint density at radius 1 is 1.05 bits per heavy atom. The Hall–Kier alpha value is -3.85. The number of hydrogen-bond acceptors (Lipinski definition) is 5. The van der Waals surface area contributed by atoms with E-state index in [1.165, 1.54) is 16.8 Å². The number of amidine groups is 2. The van der Waals surface area contributed by atoms with Crippen LogP contribution in [0.5, 0.6) is 5.75 Å². The third-order valence-electron chi connectivity index (χ3n) is 6.51. The Kier molecular flexibility index (Phi) is 6.76. The smallest absolute Gasteiger partial charge is 0.283 e. The molecular weight excluding hydrogens is 553 g/mol. The van der Waals surface area contributed by atoms with Gasteiger partial charge in [-0.25, -0.2) is 0 Å². The van der Waals surface area contributed by atoms with Crippen LogP contribution in [0.3, 0.4) is 0 Å². The van der Waals surface area contributed by atoms with Crippen molar-refractivity contribution >= 4 is 73.9 Å². The second kappa shape index (κ2) is 10.4. The van der Waals surface area contributed by atoms with E-state index in [-0.39, 0.29) is 18.0 Å². The van der Waals surface area contributed by atoms with E-state index in [0.717, 1.165) is 27.7 Å². The fourth-order valence-corrected chi connectivity index (χ4v) is 5.83. The number of benzene rings is 3. The first-order chi connectivity index (χ1) is 18.9. The normalized spacial score (nSPS) is 16.1. The minimum Gasteiger partial charge on any atom is -0.487 e. The lowest BCUT2D eigenvalue weighted by atomic mass is 10.1. The molecule has 0 spiro atoms. The first kappa shape index (κ1) is 25.4. The molecule has 3 aromatic carbocycles. The number of para-hydroxylation sites is 2. The van der Waals surface area contributed by atoms with Crippen molar-refractivity contribution in [3.05, 3.63) is 105 Å². The molecule has 0 radical (unpaired) electrons. The molecule has 0 bridgehead atoms. The fourth-order valence-electron chi connectivity index (χ4n) is 4.56. The Balaban J connectivity index is 1.33. The molecule has 2 aliphatic rings. The van der Waals surface area contributed by atoms with Gasteiger partial charge in [-0.05, 0) is 60.7 Å². The van der Waals surface area contributed by atoms with Crippen molar-refractivity contribution in [2.24, 2.45) is 10.1 Å². The zero-order chi connectivity index (χ0) is 27.1. The fraction of sp³-hybridized carbons (Fsp3) is 0.103. The highest BCUT2D eigenvalue weighted by atomic mass is 35.5. The van der Waals surface area contributed by atoms with Crippen molar-refractivity contribution in [3.8, 4) is 5.75 Å². The average Bonchev–Trinajstić information content (AvgIpc) is 3.46. The van der Waals surface area contributed by atoms with E-state index in [1.807, 2.05) is 73.7 Å². The Morgan fingerprint density at radius 2 is 1.82 bits per heavy atom. The molecule has 0 atom stereocenters. The first-order valence-electron chi connectivity index (χ1n) is 12.1. The summed E-state index contributed by atoms with van der Waals surface area (Å²) < 4.78 is 7.93. The van der Waals surface area contributed by atoms with Crippen LogP contribution < -0.4 is 4.74 Å². The number of thioether (sulfide) groups is 1. The number of carbonyl (C=O) groups is 1. The summed E-state index contributed by atoms with van der Waals surface area (Å²) in [7, 11) is 0. The van der Waals surface area contributed by atoms with Crippen molar-refractivity contribution < 1.29 is 9.53 Å². The molecule has 0 saturated heterocycles. The zero-order valence-electron chi connectivity index (χ0n) is 20.7. The Bertz CT molecular complexity index is 1740. The number of hydrazone groups is 1. The molecule has 194 valence electrons. The number of nitrogens with zero attached hydrogens (tertiary/aromatic N) is 4. The molecule has 0 unspecified atom stereocenters. The molecule has 4 aromatic rings. The van der Waals surface area contributed by atoms with E-state index in [1.54, 1.807) is 12.1 Å². The molecule has 7 nitrogen and oxygen atoms in total. The summed E-state index contributed by atoms with van der Waals surface area (Å²) >= 11 is 13.8. The van der Waals surface area contributed by atoms with Crippen molar-refractivity contribution in [1.82, 2.24) is 9.58 Å². The largest absolute Gasteiger partial charge is 0.487 e. The van der Waals surface area contributed by atoms with E-state index < -0.39 is 5.91 Å². The molecule has 6 rings (SSSR count). The van der Waals surface area contributed by atoms with Gasteiger partial charge in [-0.2, -0.15) is 15.1 Å². The third-order valence-corrected chi connectivity index (χ3v) is 7.98. The van der Waals surface area contributed by atoms with E-state index in [0.29, 0.717) is 32.6 Å². The number of ether oxygens (including phenoxy) is 1. The zero-order valence-corrected chi connectivity index (χ0v) is 23.0. The van der Waals surface area contributed by atoms with Gasteiger partial charge in [0.05, 0.1) is 5.57 Å². The van der Waals surface area contributed by atoms with Gasteiger partial charge < -0.3 is 9.30 Å². The summed E-state index contributed by atoms with van der Waals surface area (Å²) in [5.74, 6) is 0.214. The van der Waals surface area contributed by atoms with Crippen molar-refractivity contribution in [2.45, 2.75) is 13.5 Å². The quantitative estimate of drug-likeness (QED) is 0.251. The molecule has 0 saturated carbocycles. The van der Waals surface area contributed by atoms with Gasteiger partial charge in [-0.3, -0.25) is 10.2 Å². The summed E-state index contributed by atoms with van der Waals surface area (Å²) in [5, 5.41) is 17.8. The molecule has 0 fully saturated rings. The van der Waals surface area contributed by atoms with Crippen LogP contribution in [0, 0.1) is 12.3 Å². The highest BCUT2D eigenvalue weighted by Crippen LogP contribution is 2.33. The highest BCUT2D eigenvalue weighted by Gasteiger charge is 2.36. The molecule has 10 heteroatoms. The maximum absolute atomic E-state index is 13.1. The van der Waals surface area contributed by atoms with Crippen LogP contribution in [0.15, 0.2) is 88.5 Å². The SMILES string of the molecule is Cc1c(/C=C2/C(=N)N3N=C(COc4ccccc4)SC3=NC2=O)c2ccccc2n1Cc1ccc(Cl)cc1Cl. The van der Waals surface area contributed by atoms with E-state index in [2.05, 4.69) is 14.7 Å². The number of fused-ring (bicyclic) bond motifs is 2. The lowest BCUT2D eigenvalue weighted by Crippen LogP contribution is -2.35. The molecule has 1 amide bonds. The number of hydrogen-bond donors (Lipinski definition) is 1. The number of halogens is 2. The van der Waals surface area contributed by atoms with Gasteiger partial charge in [-0.15, -0.1) is 0 Å². The van der Waals surface area contributed by atoms with Crippen LogP contribution in [-0.2, 0) is 11.3 Å². The van der Waals surface area contributed by atoms with Crippen LogP contribution >= 0.6 is 35.0 Å². The molecule has 1 aromatic heterocycles. The second-order valence-electron chi connectivity index (χ2n) is 8.95. The lowest BCUT2D eigenvalue weighted by Gasteiger charge is -2.20. The second-order valence-corrected chi connectivity index (χ2v) is 10.8. The molecule has 1 N–H and O–H groups in total. The van der Waals surface area contributed by atoms with Crippen molar-refractivity contribution in [2.75, 3.05) is 6.61 Å². The number of carbonyl (C=O) groups excluding carboxylic acids is 1. The number of aliphatic imine (C=N–C) groups is 1. The van der Waals surface area contributed by atoms with Crippen LogP contribution in [-0.4, -0.2) is 38.1 Å². The average molecular weight is 574 g/mol. The highest BCUT2D eigenvalue weighted by molar-refractivity contribution is 8.27. The summed E-state index contributed by atoms with van der Waals surface area (Å²) in [5.41, 5.74) is 3.85. The van der Waals surface area contributed by atoms with Gasteiger partial charge in [0.2, 0.25) is 5.17 Å². The summed E-state index contributed by atoms with van der Waals surface area (Å²) in [4.78, 5) is 17.3. The predicted molar refractivity (Wildman–Crippen MR) is 159 cm³/mol. The van der Waals surface area contributed by atoms with Crippen LogP contribution in [0.25, 0.3) is 17.0 Å². The number of rotatable bonds is 6.